The van der Waals surface area contributed by atoms with E-state index in [-0.39, 0.29) is 0 Å². The molecule has 2 heteroatoms. The van der Waals surface area contributed by atoms with Gasteiger partial charge in [0.1, 0.15) is 0 Å². The van der Waals surface area contributed by atoms with Crippen molar-refractivity contribution in [2.45, 2.75) is 0 Å². The molecule has 0 aliphatic carbocycles. The molecule has 216 valence electrons. The smallest absolute Gasteiger partial charge is 0.0547 e. The number of aromatic nitrogens is 1. The van der Waals surface area contributed by atoms with Crippen LogP contribution in [0.15, 0.2) is 182 Å². The third-order valence-corrected chi connectivity index (χ3v) is 9.15. The summed E-state index contributed by atoms with van der Waals surface area (Å²) in [6, 6.07) is 65.7. The monoisotopic (exact) mass is 586 g/mol. The molecule has 0 atom stereocenters. The topological polar surface area (TPSA) is 8.17 Å². The van der Waals surface area contributed by atoms with E-state index in [2.05, 4.69) is 191 Å². The minimum Gasteiger partial charge on any atom is -0.310 e. The number of anilines is 3. The molecule has 0 spiro atoms. The summed E-state index contributed by atoms with van der Waals surface area (Å²) >= 11 is 0. The maximum Gasteiger partial charge on any atom is 0.0547 e. The Labute approximate surface area is 268 Å². The molecule has 0 N–H and O–H groups in total. The van der Waals surface area contributed by atoms with E-state index in [0.29, 0.717) is 0 Å². The van der Waals surface area contributed by atoms with Crippen LogP contribution in [0, 0.1) is 0 Å². The van der Waals surface area contributed by atoms with E-state index in [1.165, 1.54) is 60.2 Å². The van der Waals surface area contributed by atoms with Gasteiger partial charge in [-0.15, -0.1) is 0 Å². The average Bonchev–Trinajstić information content (AvgIpc) is 3.48. The Morgan fingerprint density at radius 1 is 0.370 bits per heavy atom. The number of para-hydroxylation sites is 2. The van der Waals surface area contributed by atoms with Crippen LogP contribution in [-0.4, -0.2) is 4.57 Å². The van der Waals surface area contributed by atoms with Gasteiger partial charge in [-0.3, -0.25) is 0 Å². The fraction of sp³-hybridized carbons (Fsp3) is 0. The van der Waals surface area contributed by atoms with Crippen LogP contribution >= 0.6 is 0 Å². The highest BCUT2D eigenvalue weighted by Gasteiger charge is 2.20. The van der Waals surface area contributed by atoms with Gasteiger partial charge in [-0.1, -0.05) is 127 Å². The summed E-state index contributed by atoms with van der Waals surface area (Å²) in [6.45, 7) is 0. The molecular formula is C44H30N2. The van der Waals surface area contributed by atoms with Crippen LogP contribution in [0.1, 0.15) is 0 Å². The number of rotatable bonds is 5. The van der Waals surface area contributed by atoms with E-state index < -0.39 is 0 Å². The molecule has 8 aromatic carbocycles. The molecular weight excluding hydrogens is 556 g/mol. The first-order valence-corrected chi connectivity index (χ1v) is 15.8. The predicted molar refractivity (Wildman–Crippen MR) is 196 cm³/mol. The first kappa shape index (κ1) is 26.3. The lowest BCUT2D eigenvalue weighted by molar-refractivity contribution is 1.18. The fourth-order valence-corrected chi connectivity index (χ4v) is 7.04. The highest BCUT2D eigenvalue weighted by Crippen LogP contribution is 2.44. The van der Waals surface area contributed by atoms with Crippen LogP contribution in [0.25, 0.3) is 60.2 Å². The Morgan fingerprint density at radius 2 is 1.02 bits per heavy atom. The molecule has 0 saturated heterocycles. The van der Waals surface area contributed by atoms with Crippen LogP contribution in [-0.2, 0) is 0 Å². The summed E-state index contributed by atoms with van der Waals surface area (Å²) in [6.07, 6.45) is 0. The van der Waals surface area contributed by atoms with Crippen LogP contribution in [0.3, 0.4) is 0 Å². The fourth-order valence-electron chi connectivity index (χ4n) is 7.04. The van der Waals surface area contributed by atoms with Crippen molar-refractivity contribution < 1.29 is 0 Å². The van der Waals surface area contributed by atoms with E-state index >= 15 is 0 Å². The second-order valence-corrected chi connectivity index (χ2v) is 11.8. The Bertz CT molecular complexity index is 2510. The molecule has 9 rings (SSSR count). The molecule has 2 nitrogen and oxygen atoms in total. The van der Waals surface area contributed by atoms with Crippen LogP contribution < -0.4 is 4.90 Å². The first-order chi connectivity index (χ1) is 22.8. The minimum atomic E-state index is 1.12. The van der Waals surface area contributed by atoms with E-state index in [4.69, 9.17) is 0 Å². The number of hydrogen-bond donors (Lipinski definition) is 0. The van der Waals surface area contributed by atoms with Crippen molar-refractivity contribution in [2.24, 2.45) is 0 Å². The second kappa shape index (κ2) is 10.8. The van der Waals surface area contributed by atoms with Gasteiger partial charge in [0.05, 0.1) is 16.7 Å². The summed E-state index contributed by atoms with van der Waals surface area (Å²) < 4.78 is 2.39. The maximum absolute atomic E-state index is 2.41. The molecule has 46 heavy (non-hydrogen) atoms. The van der Waals surface area contributed by atoms with E-state index in [9.17, 15) is 0 Å². The molecule has 0 fully saturated rings. The van der Waals surface area contributed by atoms with Crippen LogP contribution in [0.2, 0.25) is 0 Å². The third-order valence-electron chi connectivity index (χ3n) is 9.15. The summed E-state index contributed by atoms with van der Waals surface area (Å²) in [4.78, 5) is 2.41. The van der Waals surface area contributed by atoms with Crippen molar-refractivity contribution in [3.05, 3.63) is 182 Å². The van der Waals surface area contributed by atoms with Crippen molar-refractivity contribution in [2.75, 3.05) is 4.90 Å². The van der Waals surface area contributed by atoms with E-state index in [0.717, 1.165) is 17.1 Å². The third kappa shape index (κ3) is 4.27. The second-order valence-electron chi connectivity index (χ2n) is 11.8. The van der Waals surface area contributed by atoms with Gasteiger partial charge in [-0.05, 0) is 81.9 Å². The molecule has 0 radical (unpaired) electrons. The zero-order valence-electron chi connectivity index (χ0n) is 25.2. The van der Waals surface area contributed by atoms with E-state index in [1.54, 1.807) is 0 Å². The van der Waals surface area contributed by atoms with Crippen LogP contribution in [0.4, 0.5) is 17.1 Å². The molecule has 0 unspecified atom stereocenters. The summed E-state index contributed by atoms with van der Waals surface area (Å²) in [5, 5.41) is 7.45. The van der Waals surface area contributed by atoms with Gasteiger partial charge in [-0.25, -0.2) is 0 Å². The standard InChI is InChI=1S/C44H30N2/c1-3-12-31(13-4-1)33-22-25-36(26-23-33)45(37-27-24-32-14-7-8-15-34(32)30-37)41-21-11-19-39-38(41)28-29-43-44(39)40-18-9-10-20-42(40)46(43)35-16-5-2-6-17-35/h1-30H. The Hall–Kier alpha value is -6.12. The Morgan fingerprint density at radius 3 is 1.85 bits per heavy atom. The van der Waals surface area contributed by atoms with Crippen molar-refractivity contribution in [1.29, 1.82) is 0 Å². The van der Waals surface area contributed by atoms with Gasteiger partial charge in [0.2, 0.25) is 0 Å². The quantitative estimate of drug-likeness (QED) is 0.195. The lowest BCUT2D eigenvalue weighted by Gasteiger charge is -2.27. The predicted octanol–water partition coefficient (Wildman–Crippen LogP) is 12.2. The SMILES string of the molecule is c1ccc(-c2ccc(N(c3ccc4ccccc4c3)c3cccc4c3ccc3c4c4ccccc4n3-c3ccccc3)cc2)cc1. The molecule has 1 aromatic heterocycles. The number of hydrogen-bond acceptors (Lipinski definition) is 1. The average molecular weight is 587 g/mol. The Kier molecular flexibility index (Phi) is 6.17. The van der Waals surface area contributed by atoms with Crippen molar-refractivity contribution in [3.8, 4) is 16.8 Å². The zero-order valence-corrected chi connectivity index (χ0v) is 25.2. The van der Waals surface area contributed by atoms with Crippen molar-refractivity contribution >= 4 is 60.4 Å². The van der Waals surface area contributed by atoms with Gasteiger partial charge in [0, 0.05) is 33.2 Å². The largest absolute Gasteiger partial charge is 0.310 e. The van der Waals surface area contributed by atoms with Gasteiger partial charge in [0.25, 0.3) is 0 Å². The first-order valence-electron chi connectivity index (χ1n) is 15.8. The number of benzene rings is 8. The lowest BCUT2D eigenvalue weighted by atomic mass is 10.0. The molecule has 1 heterocycles. The number of fused-ring (bicyclic) bond motifs is 6. The summed E-state index contributed by atoms with van der Waals surface area (Å²) in [7, 11) is 0. The van der Waals surface area contributed by atoms with Gasteiger partial charge in [0.15, 0.2) is 0 Å². The molecule has 0 amide bonds. The van der Waals surface area contributed by atoms with Gasteiger partial charge < -0.3 is 9.47 Å². The highest BCUT2D eigenvalue weighted by atomic mass is 15.1. The minimum absolute atomic E-state index is 1.12. The van der Waals surface area contributed by atoms with E-state index in [1.807, 2.05) is 0 Å². The molecule has 0 saturated carbocycles. The van der Waals surface area contributed by atoms with Crippen LogP contribution in [0.5, 0.6) is 0 Å². The molecule has 0 bridgehead atoms. The van der Waals surface area contributed by atoms with Crippen molar-refractivity contribution in [3.63, 3.8) is 0 Å². The Balaban J connectivity index is 1.30. The highest BCUT2D eigenvalue weighted by molar-refractivity contribution is 6.23. The van der Waals surface area contributed by atoms with Gasteiger partial charge >= 0.3 is 0 Å². The number of nitrogens with zero attached hydrogens (tertiary/aromatic N) is 2. The summed E-state index contributed by atoms with van der Waals surface area (Å²) in [5.41, 5.74) is 9.41. The normalized spacial score (nSPS) is 11.5. The van der Waals surface area contributed by atoms with Gasteiger partial charge in [-0.2, -0.15) is 0 Å². The molecule has 0 aliphatic heterocycles. The molecule has 9 aromatic rings. The zero-order chi connectivity index (χ0) is 30.5. The van der Waals surface area contributed by atoms with Crippen molar-refractivity contribution in [1.82, 2.24) is 4.57 Å². The lowest BCUT2D eigenvalue weighted by Crippen LogP contribution is -2.10. The maximum atomic E-state index is 2.41. The molecule has 0 aliphatic rings. The summed E-state index contributed by atoms with van der Waals surface area (Å²) in [5.74, 6) is 0.